The molecule has 0 bridgehead atoms. The fourth-order valence-corrected chi connectivity index (χ4v) is 1.94. The zero-order valence-corrected chi connectivity index (χ0v) is 11.8. The number of halogens is 3. The maximum Gasteiger partial charge on any atom is 0.416 e. The van der Waals surface area contributed by atoms with Crippen molar-refractivity contribution in [1.29, 1.82) is 0 Å². The number of hydrogen-bond acceptors (Lipinski definition) is 3. The summed E-state index contributed by atoms with van der Waals surface area (Å²) in [6, 6.07) is 5.02. The van der Waals surface area contributed by atoms with Gasteiger partial charge in [-0.25, -0.2) is 0 Å². The summed E-state index contributed by atoms with van der Waals surface area (Å²) in [7, 11) is 0. The first-order valence-electron chi connectivity index (χ1n) is 5.97. The summed E-state index contributed by atoms with van der Waals surface area (Å²) in [5, 5.41) is 3.00. The van der Waals surface area contributed by atoms with Crippen LogP contribution in [0.1, 0.15) is 16.7 Å². The lowest BCUT2D eigenvalue weighted by atomic mass is 10.1. The Morgan fingerprint density at radius 2 is 1.95 bits per heavy atom. The molecule has 2 rings (SSSR count). The number of nitrogens with two attached hydrogens (primary N) is 1. The molecular weight excluding hydrogens is 299 g/mol. The molecule has 0 aliphatic carbocycles. The van der Waals surface area contributed by atoms with Crippen LogP contribution in [0.2, 0.25) is 0 Å². The predicted octanol–water partition coefficient (Wildman–Crippen LogP) is 3.79. The second-order valence-electron chi connectivity index (χ2n) is 4.44. The molecule has 3 nitrogen and oxygen atoms in total. The van der Waals surface area contributed by atoms with Crippen LogP contribution >= 0.6 is 12.2 Å². The lowest BCUT2D eigenvalue weighted by molar-refractivity contribution is -0.137. The van der Waals surface area contributed by atoms with Gasteiger partial charge in [0.25, 0.3) is 0 Å². The number of pyridine rings is 1. The van der Waals surface area contributed by atoms with Crippen molar-refractivity contribution in [1.82, 2.24) is 4.98 Å². The van der Waals surface area contributed by atoms with Crippen molar-refractivity contribution in [3.8, 4) is 0 Å². The van der Waals surface area contributed by atoms with E-state index in [4.69, 9.17) is 18.0 Å². The zero-order chi connectivity index (χ0) is 15.6. The molecule has 1 aromatic heterocycles. The largest absolute Gasteiger partial charge is 0.416 e. The average molecular weight is 311 g/mol. The van der Waals surface area contributed by atoms with E-state index in [2.05, 4.69) is 10.3 Å². The minimum Gasteiger partial charge on any atom is -0.389 e. The van der Waals surface area contributed by atoms with E-state index < -0.39 is 11.7 Å². The Kier molecular flexibility index (Phi) is 4.13. The monoisotopic (exact) mass is 311 g/mol. The van der Waals surface area contributed by atoms with Crippen LogP contribution in [-0.4, -0.2) is 9.97 Å². The molecule has 0 amide bonds. The Balaban J connectivity index is 2.45. The Morgan fingerprint density at radius 1 is 1.24 bits per heavy atom. The minimum atomic E-state index is -4.44. The average Bonchev–Trinajstić information content (AvgIpc) is 2.40. The van der Waals surface area contributed by atoms with Crippen LogP contribution in [0.5, 0.6) is 0 Å². The Bertz CT molecular complexity index is 683. The van der Waals surface area contributed by atoms with E-state index in [1.165, 1.54) is 6.07 Å². The molecule has 21 heavy (non-hydrogen) atoms. The molecule has 7 heteroatoms. The molecule has 1 heterocycles. The molecule has 110 valence electrons. The van der Waals surface area contributed by atoms with E-state index in [0.29, 0.717) is 11.4 Å². The van der Waals surface area contributed by atoms with Gasteiger partial charge in [0.15, 0.2) is 0 Å². The van der Waals surface area contributed by atoms with Crippen LogP contribution in [0.25, 0.3) is 0 Å². The summed E-state index contributed by atoms with van der Waals surface area (Å²) in [6.45, 7) is 1.86. The lowest BCUT2D eigenvalue weighted by Crippen LogP contribution is -2.15. The maximum atomic E-state index is 12.7. The van der Waals surface area contributed by atoms with Crippen LogP contribution in [-0.2, 0) is 6.18 Å². The second kappa shape index (κ2) is 5.69. The molecule has 0 saturated heterocycles. The Labute approximate surface area is 125 Å². The van der Waals surface area contributed by atoms with Gasteiger partial charge in [0.05, 0.1) is 17.4 Å². The Morgan fingerprint density at radius 3 is 2.52 bits per heavy atom. The van der Waals surface area contributed by atoms with Crippen molar-refractivity contribution >= 4 is 28.6 Å². The van der Waals surface area contributed by atoms with Crippen molar-refractivity contribution in [2.45, 2.75) is 13.1 Å². The van der Waals surface area contributed by atoms with Gasteiger partial charge in [-0.15, -0.1) is 0 Å². The van der Waals surface area contributed by atoms with Crippen LogP contribution < -0.4 is 11.1 Å². The first kappa shape index (κ1) is 15.2. The van der Waals surface area contributed by atoms with E-state index in [-0.39, 0.29) is 10.6 Å². The van der Waals surface area contributed by atoms with Gasteiger partial charge in [-0.05, 0) is 36.8 Å². The van der Waals surface area contributed by atoms with E-state index >= 15 is 0 Å². The number of nitrogens with one attached hydrogen (secondary N) is 1. The third-order valence-corrected chi connectivity index (χ3v) is 3.14. The summed E-state index contributed by atoms with van der Waals surface area (Å²) >= 11 is 4.84. The summed E-state index contributed by atoms with van der Waals surface area (Å²) in [5.74, 6) is 0. The first-order valence-corrected chi connectivity index (χ1v) is 6.38. The highest BCUT2D eigenvalue weighted by Gasteiger charge is 2.31. The maximum absolute atomic E-state index is 12.7. The van der Waals surface area contributed by atoms with Crippen molar-refractivity contribution in [3.63, 3.8) is 0 Å². The van der Waals surface area contributed by atoms with Crippen molar-refractivity contribution in [2.24, 2.45) is 5.73 Å². The number of anilines is 2. The van der Waals surface area contributed by atoms with E-state index in [9.17, 15) is 13.2 Å². The number of hydrogen-bond donors (Lipinski definition) is 2. The Hall–Kier alpha value is -2.15. The number of nitrogens with zero attached hydrogens (tertiary/aromatic N) is 1. The van der Waals surface area contributed by atoms with Crippen LogP contribution in [0.4, 0.5) is 24.5 Å². The van der Waals surface area contributed by atoms with Crippen molar-refractivity contribution in [2.75, 3.05) is 5.32 Å². The van der Waals surface area contributed by atoms with Gasteiger partial charge < -0.3 is 11.1 Å². The third-order valence-electron chi connectivity index (χ3n) is 2.92. The number of rotatable bonds is 3. The molecule has 0 radical (unpaired) electrons. The molecule has 2 aromatic rings. The third kappa shape index (κ3) is 3.49. The minimum absolute atomic E-state index is 0.106. The van der Waals surface area contributed by atoms with Gasteiger partial charge in [0.1, 0.15) is 4.99 Å². The summed E-state index contributed by atoms with van der Waals surface area (Å²) < 4.78 is 38.2. The summed E-state index contributed by atoms with van der Waals surface area (Å²) in [6.07, 6.45) is -1.24. The van der Waals surface area contributed by atoms with Gasteiger partial charge in [-0.2, -0.15) is 13.2 Å². The molecule has 0 atom stereocenters. The molecule has 0 unspecified atom stereocenters. The van der Waals surface area contributed by atoms with Crippen LogP contribution in [0, 0.1) is 6.92 Å². The molecule has 3 N–H and O–H groups in total. The zero-order valence-electron chi connectivity index (χ0n) is 11.0. The molecule has 0 aliphatic rings. The van der Waals surface area contributed by atoms with E-state index in [1.807, 2.05) is 6.92 Å². The quantitative estimate of drug-likeness (QED) is 0.847. The summed E-state index contributed by atoms with van der Waals surface area (Å²) in [4.78, 5) is 3.86. The standard InChI is InChI=1S/C14H12F3N3S/c1-8-4-5-19-7-12(8)20-11-3-2-9(14(15,16)17)6-10(11)13(18)21/h2-7,20H,1H3,(H2,18,21). The molecule has 0 spiro atoms. The van der Waals surface area contributed by atoms with Gasteiger partial charge in [-0.1, -0.05) is 12.2 Å². The number of aromatic nitrogens is 1. The van der Waals surface area contributed by atoms with Gasteiger partial charge >= 0.3 is 6.18 Å². The van der Waals surface area contributed by atoms with Crippen molar-refractivity contribution in [3.05, 3.63) is 53.3 Å². The number of thiocarbonyl (C=S) groups is 1. The van der Waals surface area contributed by atoms with E-state index in [0.717, 1.165) is 17.7 Å². The molecule has 1 aromatic carbocycles. The van der Waals surface area contributed by atoms with Crippen LogP contribution in [0.3, 0.4) is 0 Å². The van der Waals surface area contributed by atoms with Crippen molar-refractivity contribution < 1.29 is 13.2 Å². The van der Waals surface area contributed by atoms with Gasteiger partial charge in [0, 0.05) is 17.4 Å². The molecule has 0 saturated carbocycles. The smallest absolute Gasteiger partial charge is 0.389 e. The van der Waals surface area contributed by atoms with Crippen LogP contribution in [0.15, 0.2) is 36.7 Å². The molecule has 0 aliphatic heterocycles. The fourth-order valence-electron chi connectivity index (χ4n) is 1.77. The highest BCUT2D eigenvalue weighted by molar-refractivity contribution is 7.80. The molecule has 0 fully saturated rings. The number of benzene rings is 1. The van der Waals surface area contributed by atoms with Gasteiger partial charge in [-0.3, -0.25) is 4.98 Å². The highest BCUT2D eigenvalue weighted by atomic mass is 32.1. The second-order valence-corrected chi connectivity index (χ2v) is 4.88. The van der Waals surface area contributed by atoms with Gasteiger partial charge in [0.2, 0.25) is 0 Å². The summed E-state index contributed by atoms with van der Waals surface area (Å²) in [5.41, 5.74) is 6.86. The highest BCUT2D eigenvalue weighted by Crippen LogP contribution is 2.33. The number of alkyl halides is 3. The molecular formula is C14H12F3N3S. The first-order chi connectivity index (χ1) is 9.79. The van der Waals surface area contributed by atoms with E-state index in [1.54, 1.807) is 18.5 Å². The topological polar surface area (TPSA) is 50.9 Å². The lowest BCUT2D eigenvalue weighted by Gasteiger charge is -2.15. The fraction of sp³-hybridized carbons (Fsp3) is 0.143. The predicted molar refractivity (Wildman–Crippen MR) is 79.6 cm³/mol. The normalized spacial score (nSPS) is 11.2. The number of aryl methyl sites for hydroxylation is 1. The SMILES string of the molecule is Cc1ccncc1Nc1ccc(C(F)(F)F)cc1C(N)=S.